The van der Waals surface area contributed by atoms with Gasteiger partial charge in [0.25, 0.3) is 5.91 Å². The van der Waals surface area contributed by atoms with Crippen molar-refractivity contribution in [3.05, 3.63) is 59.0 Å². The summed E-state index contributed by atoms with van der Waals surface area (Å²) in [6, 6.07) is 9.79. The molecule has 0 bridgehead atoms. The van der Waals surface area contributed by atoms with Crippen LogP contribution in [-0.2, 0) is 30.8 Å². The average molecular weight is 436 g/mol. The van der Waals surface area contributed by atoms with Crippen molar-refractivity contribution in [1.82, 2.24) is 24.9 Å². The van der Waals surface area contributed by atoms with Crippen molar-refractivity contribution < 1.29 is 14.3 Å². The molecule has 3 heterocycles. The molecule has 0 radical (unpaired) electrons. The first-order valence-corrected chi connectivity index (χ1v) is 11.1. The molecule has 1 N–H and O–H groups in total. The predicted molar refractivity (Wildman–Crippen MR) is 120 cm³/mol. The lowest BCUT2D eigenvalue weighted by Crippen LogP contribution is -2.25. The zero-order valence-electron chi connectivity index (χ0n) is 18.8. The lowest BCUT2D eigenvalue weighted by molar-refractivity contribution is 0.0597. The standard InChI is InChI=1S/C24H29N5O3/c1-16(2)15-29-22(17-9-5-4-6-10-17)18(13-26-29)23(30)25-14-19-21(24(31)32-3)20-11-7-8-12-28(20)27-19/h4-6,9-10,13,16H,7-8,11-12,14-15H2,1-3H3,(H,25,30). The number of esters is 1. The number of rotatable bonds is 7. The van der Waals surface area contributed by atoms with Crippen LogP contribution >= 0.6 is 0 Å². The minimum Gasteiger partial charge on any atom is -0.465 e. The topological polar surface area (TPSA) is 91.0 Å². The molecule has 0 saturated carbocycles. The van der Waals surface area contributed by atoms with Crippen molar-refractivity contribution in [2.45, 2.75) is 52.7 Å². The summed E-state index contributed by atoms with van der Waals surface area (Å²) >= 11 is 0. The number of methoxy groups -OCH3 is 1. The van der Waals surface area contributed by atoms with Crippen LogP contribution in [-0.4, -0.2) is 38.5 Å². The molecule has 2 aromatic heterocycles. The van der Waals surface area contributed by atoms with Gasteiger partial charge in [-0.1, -0.05) is 44.2 Å². The number of ether oxygens (including phenoxy) is 1. The van der Waals surface area contributed by atoms with Crippen LogP contribution in [0.3, 0.4) is 0 Å². The third-order valence-electron chi connectivity index (χ3n) is 5.64. The summed E-state index contributed by atoms with van der Waals surface area (Å²) in [5.41, 5.74) is 4.13. The summed E-state index contributed by atoms with van der Waals surface area (Å²) in [7, 11) is 1.37. The van der Waals surface area contributed by atoms with Gasteiger partial charge in [0.05, 0.1) is 42.5 Å². The van der Waals surface area contributed by atoms with Crippen molar-refractivity contribution >= 4 is 11.9 Å². The number of aryl methyl sites for hydroxylation is 1. The van der Waals surface area contributed by atoms with Gasteiger partial charge in [-0.05, 0) is 25.2 Å². The summed E-state index contributed by atoms with van der Waals surface area (Å²) < 4.78 is 8.74. The fourth-order valence-electron chi connectivity index (χ4n) is 4.20. The number of amides is 1. The highest BCUT2D eigenvalue weighted by Crippen LogP contribution is 2.26. The lowest BCUT2D eigenvalue weighted by atomic mass is 10.0. The predicted octanol–water partition coefficient (Wildman–Crippen LogP) is 3.46. The zero-order valence-corrected chi connectivity index (χ0v) is 18.8. The highest BCUT2D eigenvalue weighted by molar-refractivity contribution is 6.00. The minimum atomic E-state index is -0.410. The van der Waals surface area contributed by atoms with Crippen LogP contribution in [0, 0.1) is 5.92 Å². The van der Waals surface area contributed by atoms with Crippen molar-refractivity contribution in [3.63, 3.8) is 0 Å². The Labute approximate surface area is 187 Å². The van der Waals surface area contributed by atoms with Gasteiger partial charge in [0, 0.05) is 18.7 Å². The number of hydrogen-bond acceptors (Lipinski definition) is 5. The van der Waals surface area contributed by atoms with E-state index in [1.54, 1.807) is 6.20 Å². The molecule has 0 aliphatic carbocycles. The van der Waals surface area contributed by atoms with E-state index < -0.39 is 5.97 Å². The van der Waals surface area contributed by atoms with Crippen molar-refractivity contribution in [2.24, 2.45) is 5.92 Å². The Balaban J connectivity index is 1.61. The maximum Gasteiger partial charge on any atom is 0.341 e. The quantitative estimate of drug-likeness (QED) is 0.574. The van der Waals surface area contributed by atoms with Gasteiger partial charge in [-0.2, -0.15) is 10.2 Å². The van der Waals surface area contributed by atoms with Crippen molar-refractivity contribution in [1.29, 1.82) is 0 Å². The second kappa shape index (κ2) is 9.38. The Kier molecular flexibility index (Phi) is 6.39. The smallest absolute Gasteiger partial charge is 0.341 e. The first-order chi connectivity index (χ1) is 15.5. The third-order valence-corrected chi connectivity index (χ3v) is 5.64. The Bertz CT molecular complexity index is 1110. The minimum absolute atomic E-state index is 0.146. The van der Waals surface area contributed by atoms with Crippen LogP contribution < -0.4 is 5.32 Å². The van der Waals surface area contributed by atoms with Crippen LogP contribution in [0.25, 0.3) is 11.3 Å². The summed E-state index contributed by atoms with van der Waals surface area (Å²) in [6.45, 7) is 5.86. The van der Waals surface area contributed by atoms with Gasteiger partial charge in [0.2, 0.25) is 0 Å². The average Bonchev–Trinajstić information content (AvgIpc) is 3.38. The van der Waals surface area contributed by atoms with E-state index >= 15 is 0 Å². The van der Waals surface area contributed by atoms with E-state index in [1.165, 1.54) is 7.11 Å². The second-order valence-electron chi connectivity index (χ2n) is 8.47. The Hall–Kier alpha value is -3.42. The number of nitrogens with one attached hydrogen (secondary N) is 1. The molecule has 0 fully saturated rings. The molecule has 4 rings (SSSR count). The number of hydrogen-bond donors (Lipinski definition) is 1. The zero-order chi connectivity index (χ0) is 22.7. The molecule has 32 heavy (non-hydrogen) atoms. The van der Waals surface area contributed by atoms with E-state index in [-0.39, 0.29) is 12.5 Å². The maximum absolute atomic E-state index is 13.2. The first kappa shape index (κ1) is 21.8. The number of fused-ring (bicyclic) bond motifs is 1. The van der Waals surface area contributed by atoms with E-state index in [0.29, 0.717) is 29.3 Å². The van der Waals surface area contributed by atoms with Crippen molar-refractivity contribution in [3.8, 4) is 11.3 Å². The molecule has 0 spiro atoms. The van der Waals surface area contributed by atoms with Gasteiger partial charge < -0.3 is 10.1 Å². The summed E-state index contributed by atoms with van der Waals surface area (Å²) in [5, 5.41) is 12.0. The van der Waals surface area contributed by atoms with Gasteiger partial charge in [-0.3, -0.25) is 14.2 Å². The van der Waals surface area contributed by atoms with Gasteiger partial charge in [0.15, 0.2) is 0 Å². The van der Waals surface area contributed by atoms with E-state index in [1.807, 2.05) is 39.7 Å². The fraction of sp³-hybridized carbons (Fsp3) is 0.417. The molecule has 1 aromatic carbocycles. The molecule has 0 atom stereocenters. The number of aromatic nitrogens is 4. The highest BCUT2D eigenvalue weighted by Gasteiger charge is 2.27. The summed E-state index contributed by atoms with van der Waals surface area (Å²) in [6.07, 6.45) is 4.43. The molecular formula is C24H29N5O3. The second-order valence-corrected chi connectivity index (χ2v) is 8.47. The monoisotopic (exact) mass is 435 g/mol. The number of benzene rings is 1. The lowest BCUT2D eigenvalue weighted by Gasteiger charge is -2.13. The fourth-order valence-corrected chi connectivity index (χ4v) is 4.20. The Morgan fingerprint density at radius 1 is 1.19 bits per heavy atom. The van der Waals surface area contributed by atoms with Crippen LogP contribution in [0.5, 0.6) is 0 Å². The Morgan fingerprint density at radius 3 is 2.69 bits per heavy atom. The molecule has 8 heteroatoms. The molecule has 3 aromatic rings. The van der Waals surface area contributed by atoms with Gasteiger partial charge in [-0.25, -0.2) is 4.79 Å². The van der Waals surface area contributed by atoms with Crippen LogP contribution in [0.2, 0.25) is 0 Å². The molecule has 1 aliphatic heterocycles. The van der Waals surface area contributed by atoms with Crippen molar-refractivity contribution in [2.75, 3.05) is 7.11 Å². The molecule has 1 amide bonds. The van der Waals surface area contributed by atoms with Crippen LogP contribution in [0.15, 0.2) is 36.5 Å². The Morgan fingerprint density at radius 2 is 1.97 bits per heavy atom. The van der Waals surface area contributed by atoms with Gasteiger partial charge in [0.1, 0.15) is 5.56 Å². The first-order valence-electron chi connectivity index (χ1n) is 11.1. The number of carbonyl (C=O) groups excluding carboxylic acids is 2. The summed E-state index contributed by atoms with van der Waals surface area (Å²) in [5.74, 6) is -0.277. The van der Waals surface area contributed by atoms with Gasteiger partial charge >= 0.3 is 5.97 Å². The molecule has 8 nitrogen and oxygen atoms in total. The van der Waals surface area contributed by atoms with E-state index in [4.69, 9.17) is 4.74 Å². The normalized spacial score (nSPS) is 13.1. The molecule has 1 aliphatic rings. The van der Waals surface area contributed by atoms with E-state index in [0.717, 1.165) is 42.8 Å². The molecular weight excluding hydrogens is 406 g/mol. The van der Waals surface area contributed by atoms with Gasteiger partial charge in [-0.15, -0.1) is 0 Å². The van der Waals surface area contributed by atoms with Crippen LogP contribution in [0.1, 0.15) is 58.8 Å². The SMILES string of the molecule is COC(=O)c1c(CNC(=O)c2cnn(CC(C)C)c2-c2ccccc2)nn2c1CCCC2. The van der Waals surface area contributed by atoms with E-state index in [2.05, 4.69) is 29.4 Å². The largest absolute Gasteiger partial charge is 0.465 e. The number of nitrogens with zero attached hydrogens (tertiary/aromatic N) is 4. The highest BCUT2D eigenvalue weighted by atomic mass is 16.5. The molecule has 168 valence electrons. The molecule has 0 saturated heterocycles. The maximum atomic E-state index is 13.2. The number of carbonyl (C=O) groups is 2. The van der Waals surface area contributed by atoms with E-state index in [9.17, 15) is 9.59 Å². The molecule has 0 unspecified atom stereocenters. The van der Waals surface area contributed by atoms with Crippen LogP contribution in [0.4, 0.5) is 0 Å². The summed E-state index contributed by atoms with van der Waals surface area (Å²) in [4.78, 5) is 25.6. The third kappa shape index (κ3) is 4.30.